The van der Waals surface area contributed by atoms with E-state index in [9.17, 15) is 4.79 Å². The summed E-state index contributed by atoms with van der Waals surface area (Å²) >= 11 is 0. The van der Waals surface area contributed by atoms with Gasteiger partial charge in [-0.1, -0.05) is 19.0 Å². The van der Waals surface area contributed by atoms with Crippen molar-refractivity contribution in [2.24, 2.45) is 0 Å². The van der Waals surface area contributed by atoms with Gasteiger partial charge in [-0.15, -0.1) is 0 Å². The summed E-state index contributed by atoms with van der Waals surface area (Å²) in [6.45, 7) is 7.68. The van der Waals surface area contributed by atoms with E-state index in [0.717, 1.165) is 5.69 Å². The van der Waals surface area contributed by atoms with Crippen LogP contribution in [0.3, 0.4) is 0 Å². The van der Waals surface area contributed by atoms with Gasteiger partial charge in [-0.2, -0.15) is 0 Å². The first kappa shape index (κ1) is 13.3. The molecule has 6 heteroatoms. The van der Waals surface area contributed by atoms with Crippen LogP contribution in [0.4, 0.5) is 0 Å². The zero-order valence-corrected chi connectivity index (χ0v) is 11.4. The quantitative estimate of drug-likeness (QED) is 0.790. The topological polar surface area (TPSA) is 78.4 Å². The molecule has 6 nitrogen and oxygen atoms in total. The van der Waals surface area contributed by atoms with Crippen molar-refractivity contribution in [1.29, 1.82) is 0 Å². The van der Waals surface area contributed by atoms with E-state index in [2.05, 4.69) is 10.1 Å². The average molecular weight is 264 g/mol. The van der Waals surface area contributed by atoms with Crippen molar-refractivity contribution in [3.8, 4) is 11.7 Å². The van der Waals surface area contributed by atoms with Gasteiger partial charge in [-0.3, -0.25) is 0 Å². The Morgan fingerprint density at radius 3 is 2.74 bits per heavy atom. The summed E-state index contributed by atoms with van der Waals surface area (Å²) in [4.78, 5) is 16.1. The number of carbonyl (C=O) groups is 1. The third kappa shape index (κ3) is 2.67. The number of nitrogens with zero attached hydrogens (tertiary/aromatic N) is 2. The molecular formula is C13H16N2O4. The van der Waals surface area contributed by atoms with Gasteiger partial charge in [-0.25, -0.2) is 9.78 Å². The molecule has 102 valence electrons. The Balaban J connectivity index is 2.43. The largest absolute Gasteiger partial charge is 0.460 e. The minimum absolute atomic E-state index is 0.0425. The number of aryl methyl sites for hydroxylation is 1. The van der Waals surface area contributed by atoms with Gasteiger partial charge in [0.05, 0.1) is 18.0 Å². The first-order valence-electron chi connectivity index (χ1n) is 6.14. The van der Waals surface area contributed by atoms with E-state index in [1.807, 2.05) is 13.8 Å². The summed E-state index contributed by atoms with van der Waals surface area (Å²) in [6.07, 6.45) is 0. The molecule has 0 saturated heterocycles. The van der Waals surface area contributed by atoms with Crippen molar-refractivity contribution in [2.45, 2.75) is 33.6 Å². The molecule has 0 atom stereocenters. The Bertz CT molecular complexity index is 583. The highest BCUT2D eigenvalue weighted by Gasteiger charge is 2.25. The number of oxazole rings is 1. The molecule has 2 rings (SSSR count). The molecule has 0 aromatic carbocycles. The summed E-state index contributed by atoms with van der Waals surface area (Å²) in [5.74, 6) is 0.297. The van der Waals surface area contributed by atoms with Crippen LogP contribution in [0.15, 0.2) is 15.0 Å². The molecular weight excluding hydrogens is 248 g/mol. The monoisotopic (exact) mass is 264 g/mol. The molecule has 0 aliphatic rings. The zero-order chi connectivity index (χ0) is 14.0. The van der Waals surface area contributed by atoms with E-state index < -0.39 is 5.97 Å². The summed E-state index contributed by atoms with van der Waals surface area (Å²) in [6, 6.07) is 1.70. The molecule has 2 aromatic rings. The molecule has 19 heavy (non-hydrogen) atoms. The average Bonchev–Trinajstić information content (AvgIpc) is 2.94. The lowest BCUT2D eigenvalue weighted by Gasteiger charge is -2.02. The molecule has 0 spiro atoms. The second kappa shape index (κ2) is 5.26. The third-order valence-corrected chi connectivity index (χ3v) is 2.50. The maximum absolute atomic E-state index is 11.8. The van der Waals surface area contributed by atoms with Crippen LogP contribution in [0.5, 0.6) is 0 Å². The Hall–Kier alpha value is -2.11. The minimum atomic E-state index is -0.513. The van der Waals surface area contributed by atoms with Gasteiger partial charge in [0.25, 0.3) is 5.89 Å². The predicted octanol–water partition coefficient (Wildman–Crippen LogP) is 2.94. The normalized spacial score (nSPS) is 11.0. The molecule has 0 unspecified atom stereocenters. The van der Waals surface area contributed by atoms with E-state index in [1.54, 1.807) is 19.9 Å². The summed E-state index contributed by atoms with van der Waals surface area (Å²) in [5, 5.41) is 3.77. The van der Waals surface area contributed by atoms with Crippen LogP contribution in [-0.4, -0.2) is 22.7 Å². The van der Waals surface area contributed by atoms with E-state index in [-0.39, 0.29) is 24.2 Å². The number of aromatic nitrogens is 2. The Labute approximate surface area is 110 Å². The Morgan fingerprint density at radius 1 is 1.47 bits per heavy atom. The van der Waals surface area contributed by atoms with Crippen molar-refractivity contribution in [3.05, 3.63) is 23.2 Å². The van der Waals surface area contributed by atoms with E-state index in [0.29, 0.717) is 11.5 Å². The van der Waals surface area contributed by atoms with Crippen LogP contribution in [0.25, 0.3) is 11.7 Å². The molecule has 2 aromatic heterocycles. The second-order valence-electron chi connectivity index (χ2n) is 4.44. The van der Waals surface area contributed by atoms with Crippen LogP contribution in [-0.2, 0) is 4.74 Å². The van der Waals surface area contributed by atoms with E-state index in [4.69, 9.17) is 13.7 Å². The van der Waals surface area contributed by atoms with Crippen LogP contribution in [0.2, 0.25) is 0 Å². The first-order valence-corrected chi connectivity index (χ1v) is 6.14. The minimum Gasteiger partial charge on any atom is -0.460 e. The highest BCUT2D eigenvalue weighted by molar-refractivity contribution is 5.88. The SMILES string of the molecule is CCOC(=O)c1oc(-c2cc(C)no2)nc1C(C)C. The van der Waals surface area contributed by atoms with Gasteiger partial charge < -0.3 is 13.7 Å². The highest BCUT2D eigenvalue weighted by Crippen LogP contribution is 2.27. The molecule has 0 amide bonds. The van der Waals surface area contributed by atoms with Gasteiger partial charge in [-0.05, 0) is 19.8 Å². The van der Waals surface area contributed by atoms with Crippen molar-refractivity contribution >= 4 is 5.97 Å². The predicted molar refractivity (Wildman–Crippen MR) is 66.8 cm³/mol. The summed E-state index contributed by atoms with van der Waals surface area (Å²) < 4.78 is 15.5. The standard InChI is InChI=1S/C13H16N2O4/c1-5-17-13(16)11-10(7(2)3)14-12(18-11)9-6-8(4)15-19-9/h6-7H,5H2,1-4H3. The van der Waals surface area contributed by atoms with Crippen molar-refractivity contribution in [1.82, 2.24) is 10.1 Å². The number of ether oxygens (including phenoxy) is 1. The summed E-state index contributed by atoms with van der Waals surface area (Å²) in [5.41, 5.74) is 1.28. The lowest BCUT2D eigenvalue weighted by atomic mass is 10.1. The van der Waals surface area contributed by atoms with Gasteiger partial charge in [0.1, 0.15) is 0 Å². The van der Waals surface area contributed by atoms with Crippen LogP contribution in [0.1, 0.15) is 48.6 Å². The van der Waals surface area contributed by atoms with Crippen LogP contribution in [0, 0.1) is 6.92 Å². The third-order valence-electron chi connectivity index (χ3n) is 2.50. The molecule has 0 N–H and O–H groups in total. The number of carbonyl (C=O) groups excluding carboxylic acids is 1. The number of hydrogen-bond acceptors (Lipinski definition) is 6. The Kier molecular flexibility index (Phi) is 3.69. The van der Waals surface area contributed by atoms with Gasteiger partial charge in [0, 0.05) is 6.07 Å². The fraction of sp³-hybridized carbons (Fsp3) is 0.462. The van der Waals surface area contributed by atoms with Crippen molar-refractivity contribution < 1.29 is 18.5 Å². The lowest BCUT2D eigenvalue weighted by Crippen LogP contribution is -2.07. The molecule has 0 aliphatic carbocycles. The van der Waals surface area contributed by atoms with E-state index in [1.165, 1.54) is 0 Å². The second-order valence-corrected chi connectivity index (χ2v) is 4.44. The van der Waals surface area contributed by atoms with Gasteiger partial charge in [0.15, 0.2) is 0 Å². The molecule has 0 saturated carbocycles. The smallest absolute Gasteiger partial charge is 0.376 e. The molecule has 0 bridgehead atoms. The molecule has 0 radical (unpaired) electrons. The maximum atomic E-state index is 11.8. The van der Waals surface area contributed by atoms with Crippen molar-refractivity contribution in [2.75, 3.05) is 6.61 Å². The zero-order valence-electron chi connectivity index (χ0n) is 11.4. The number of hydrogen-bond donors (Lipinski definition) is 0. The van der Waals surface area contributed by atoms with Gasteiger partial charge in [0.2, 0.25) is 11.5 Å². The van der Waals surface area contributed by atoms with Crippen LogP contribution < -0.4 is 0 Å². The first-order chi connectivity index (χ1) is 9.02. The molecule has 2 heterocycles. The maximum Gasteiger partial charge on any atom is 0.376 e. The van der Waals surface area contributed by atoms with Gasteiger partial charge >= 0.3 is 5.97 Å². The number of rotatable bonds is 4. The fourth-order valence-corrected chi connectivity index (χ4v) is 1.64. The van der Waals surface area contributed by atoms with Crippen LogP contribution >= 0.6 is 0 Å². The molecule has 0 aliphatic heterocycles. The molecule has 0 fully saturated rings. The lowest BCUT2D eigenvalue weighted by molar-refractivity contribution is 0.0488. The highest BCUT2D eigenvalue weighted by atomic mass is 16.5. The fourth-order valence-electron chi connectivity index (χ4n) is 1.64. The Morgan fingerprint density at radius 2 is 2.21 bits per heavy atom. The number of esters is 1. The summed E-state index contributed by atoms with van der Waals surface area (Å²) in [7, 11) is 0. The van der Waals surface area contributed by atoms with E-state index >= 15 is 0 Å². The van der Waals surface area contributed by atoms with Crippen molar-refractivity contribution in [3.63, 3.8) is 0 Å².